The number of aromatic nitrogens is 1. The number of pyridine rings is 1. The van der Waals surface area contributed by atoms with E-state index in [0.717, 1.165) is 18.7 Å². The molecule has 0 aliphatic carbocycles. The summed E-state index contributed by atoms with van der Waals surface area (Å²) in [6.45, 7) is 9.58. The Morgan fingerprint density at radius 2 is 1.95 bits per heavy atom. The summed E-state index contributed by atoms with van der Waals surface area (Å²) < 4.78 is 5.74. The molecule has 0 amide bonds. The highest BCUT2D eigenvalue weighted by Crippen LogP contribution is 2.23. The fraction of sp³-hybridized carbons (Fsp3) is 0.706. The predicted molar refractivity (Wildman–Crippen MR) is 85.2 cm³/mol. The Balaban J connectivity index is 2.71. The normalized spacial score (nSPS) is 12.7. The number of nitrogens with one attached hydrogen (secondary N) is 1. The van der Waals surface area contributed by atoms with Gasteiger partial charge in [-0.1, -0.05) is 33.1 Å². The standard InChI is InChI=1S/C17H30N2O/c1-5-7-8-9-17(19-10-6-2)15-11-16(13-18-12-15)20-14(3)4/h11-14,17,19H,5-10H2,1-4H3. The maximum Gasteiger partial charge on any atom is 0.138 e. The zero-order chi connectivity index (χ0) is 14.8. The molecular weight excluding hydrogens is 248 g/mol. The molecule has 20 heavy (non-hydrogen) atoms. The Bertz CT molecular complexity index is 366. The lowest BCUT2D eigenvalue weighted by Crippen LogP contribution is -2.22. The molecule has 0 saturated heterocycles. The van der Waals surface area contributed by atoms with Crippen molar-refractivity contribution in [2.45, 2.75) is 71.9 Å². The third kappa shape index (κ3) is 6.38. The fourth-order valence-electron chi connectivity index (χ4n) is 2.27. The van der Waals surface area contributed by atoms with Gasteiger partial charge in [0.25, 0.3) is 0 Å². The molecule has 0 aromatic carbocycles. The molecule has 0 bridgehead atoms. The minimum absolute atomic E-state index is 0.189. The zero-order valence-electron chi connectivity index (χ0n) is 13.5. The van der Waals surface area contributed by atoms with E-state index in [2.05, 4.69) is 30.2 Å². The van der Waals surface area contributed by atoms with Crippen LogP contribution < -0.4 is 10.1 Å². The molecule has 1 atom stereocenters. The van der Waals surface area contributed by atoms with Crippen LogP contribution in [-0.4, -0.2) is 17.6 Å². The molecule has 0 radical (unpaired) electrons. The van der Waals surface area contributed by atoms with Crippen molar-refractivity contribution in [3.05, 3.63) is 24.0 Å². The summed E-state index contributed by atoms with van der Waals surface area (Å²) in [6, 6.07) is 2.52. The first kappa shape index (κ1) is 17.0. The van der Waals surface area contributed by atoms with E-state index in [0.29, 0.717) is 6.04 Å². The third-order valence-corrected chi connectivity index (χ3v) is 3.25. The summed E-state index contributed by atoms with van der Waals surface area (Å²) in [7, 11) is 0. The lowest BCUT2D eigenvalue weighted by Gasteiger charge is -2.20. The van der Waals surface area contributed by atoms with E-state index >= 15 is 0 Å². The molecule has 1 unspecified atom stereocenters. The molecule has 0 aliphatic heterocycles. The maximum atomic E-state index is 5.74. The van der Waals surface area contributed by atoms with Gasteiger partial charge in [0.05, 0.1) is 12.3 Å². The average molecular weight is 278 g/mol. The quantitative estimate of drug-likeness (QED) is 0.640. The highest BCUT2D eigenvalue weighted by atomic mass is 16.5. The van der Waals surface area contributed by atoms with Crippen LogP contribution in [0, 0.1) is 0 Å². The van der Waals surface area contributed by atoms with Crippen LogP contribution >= 0.6 is 0 Å². The smallest absolute Gasteiger partial charge is 0.138 e. The van der Waals surface area contributed by atoms with E-state index in [9.17, 15) is 0 Å². The summed E-state index contributed by atoms with van der Waals surface area (Å²) >= 11 is 0. The van der Waals surface area contributed by atoms with Gasteiger partial charge in [-0.15, -0.1) is 0 Å². The molecule has 0 saturated carbocycles. The Kier molecular flexibility index (Phi) is 8.28. The lowest BCUT2D eigenvalue weighted by molar-refractivity contribution is 0.241. The van der Waals surface area contributed by atoms with Gasteiger partial charge in [-0.3, -0.25) is 4.98 Å². The van der Waals surface area contributed by atoms with Crippen LogP contribution in [0.4, 0.5) is 0 Å². The minimum Gasteiger partial charge on any atom is -0.489 e. The van der Waals surface area contributed by atoms with Crippen LogP contribution in [0.25, 0.3) is 0 Å². The molecule has 1 heterocycles. The van der Waals surface area contributed by atoms with E-state index in [1.807, 2.05) is 20.0 Å². The largest absolute Gasteiger partial charge is 0.489 e. The van der Waals surface area contributed by atoms with Gasteiger partial charge in [-0.25, -0.2) is 0 Å². The van der Waals surface area contributed by atoms with E-state index in [-0.39, 0.29) is 6.10 Å². The summed E-state index contributed by atoms with van der Waals surface area (Å²) in [5, 5.41) is 3.63. The Hall–Kier alpha value is -1.09. The van der Waals surface area contributed by atoms with Gasteiger partial charge in [0.1, 0.15) is 5.75 Å². The SMILES string of the molecule is CCCCCC(NCCC)c1cncc(OC(C)C)c1. The van der Waals surface area contributed by atoms with Crippen LogP contribution in [-0.2, 0) is 0 Å². The topological polar surface area (TPSA) is 34.2 Å². The summed E-state index contributed by atoms with van der Waals surface area (Å²) in [4.78, 5) is 4.33. The molecule has 114 valence electrons. The lowest BCUT2D eigenvalue weighted by atomic mass is 10.0. The summed E-state index contributed by atoms with van der Waals surface area (Å²) in [5.74, 6) is 0.872. The van der Waals surface area contributed by atoms with Crippen LogP contribution in [0.3, 0.4) is 0 Å². The van der Waals surface area contributed by atoms with Crippen molar-refractivity contribution in [3.63, 3.8) is 0 Å². The Morgan fingerprint density at radius 3 is 2.60 bits per heavy atom. The van der Waals surface area contributed by atoms with Crippen LogP contribution in [0.15, 0.2) is 18.5 Å². The van der Waals surface area contributed by atoms with Gasteiger partial charge in [-0.05, 0) is 44.9 Å². The molecule has 0 aliphatic rings. The van der Waals surface area contributed by atoms with Crippen molar-refractivity contribution in [2.24, 2.45) is 0 Å². The number of unbranched alkanes of at least 4 members (excludes halogenated alkanes) is 2. The van der Waals surface area contributed by atoms with Gasteiger partial charge in [-0.2, -0.15) is 0 Å². The van der Waals surface area contributed by atoms with Crippen molar-refractivity contribution < 1.29 is 4.74 Å². The summed E-state index contributed by atoms with van der Waals surface area (Å²) in [6.07, 6.45) is 10.1. The number of rotatable bonds is 10. The number of ether oxygens (including phenoxy) is 1. The maximum absolute atomic E-state index is 5.74. The van der Waals surface area contributed by atoms with Gasteiger partial charge in [0, 0.05) is 12.2 Å². The predicted octanol–water partition coefficient (Wildman–Crippen LogP) is 4.49. The highest BCUT2D eigenvalue weighted by Gasteiger charge is 2.12. The molecule has 0 spiro atoms. The Morgan fingerprint density at radius 1 is 1.15 bits per heavy atom. The second-order valence-electron chi connectivity index (χ2n) is 5.62. The van der Waals surface area contributed by atoms with E-state index in [1.54, 1.807) is 6.20 Å². The highest BCUT2D eigenvalue weighted by molar-refractivity contribution is 5.26. The van der Waals surface area contributed by atoms with Crippen LogP contribution in [0.1, 0.15) is 71.4 Å². The van der Waals surface area contributed by atoms with Gasteiger partial charge in [0.2, 0.25) is 0 Å². The molecule has 1 aromatic heterocycles. The first-order valence-corrected chi connectivity index (χ1v) is 8.02. The number of hydrogen-bond donors (Lipinski definition) is 1. The molecule has 1 N–H and O–H groups in total. The minimum atomic E-state index is 0.189. The molecule has 3 nitrogen and oxygen atoms in total. The number of hydrogen-bond acceptors (Lipinski definition) is 3. The molecule has 1 rings (SSSR count). The fourth-order valence-corrected chi connectivity index (χ4v) is 2.27. The monoisotopic (exact) mass is 278 g/mol. The third-order valence-electron chi connectivity index (χ3n) is 3.25. The molecule has 1 aromatic rings. The van der Waals surface area contributed by atoms with Crippen molar-refractivity contribution in [3.8, 4) is 5.75 Å². The Labute approximate surface area is 124 Å². The van der Waals surface area contributed by atoms with Crippen molar-refractivity contribution in [1.82, 2.24) is 10.3 Å². The van der Waals surface area contributed by atoms with Crippen molar-refractivity contribution >= 4 is 0 Å². The molecule has 0 fully saturated rings. The first-order chi connectivity index (χ1) is 9.67. The zero-order valence-corrected chi connectivity index (χ0v) is 13.5. The van der Waals surface area contributed by atoms with E-state index in [1.165, 1.54) is 31.2 Å². The van der Waals surface area contributed by atoms with Crippen LogP contribution in [0.2, 0.25) is 0 Å². The van der Waals surface area contributed by atoms with E-state index in [4.69, 9.17) is 4.74 Å². The van der Waals surface area contributed by atoms with Crippen molar-refractivity contribution in [2.75, 3.05) is 6.54 Å². The van der Waals surface area contributed by atoms with Gasteiger partial charge in [0.15, 0.2) is 0 Å². The average Bonchev–Trinajstić information content (AvgIpc) is 2.42. The molecular formula is C17H30N2O. The first-order valence-electron chi connectivity index (χ1n) is 8.02. The second kappa shape index (κ2) is 9.76. The van der Waals surface area contributed by atoms with Crippen LogP contribution in [0.5, 0.6) is 5.75 Å². The van der Waals surface area contributed by atoms with Crippen molar-refractivity contribution in [1.29, 1.82) is 0 Å². The second-order valence-corrected chi connectivity index (χ2v) is 5.62. The van der Waals surface area contributed by atoms with Gasteiger partial charge < -0.3 is 10.1 Å². The van der Waals surface area contributed by atoms with E-state index < -0.39 is 0 Å². The molecule has 3 heteroatoms. The number of nitrogens with zero attached hydrogens (tertiary/aromatic N) is 1. The summed E-state index contributed by atoms with van der Waals surface area (Å²) in [5.41, 5.74) is 1.24. The van der Waals surface area contributed by atoms with Gasteiger partial charge >= 0.3 is 0 Å².